The Labute approximate surface area is 132 Å². The zero-order valence-electron chi connectivity index (χ0n) is 13.8. The van der Waals surface area contributed by atoms with Crippen molar-refractivity contribution in [1.29, 1.82) is 0 Å². The molecule has 1 atom stereocenters. The van der Waals surface area contributed by atoms with Gasteiger partial charge in [0, 0.05) is 20.1 Å². The highest BCUT2D eigenvalue weighted by Gasteiger charge is 2.14. The quantitative estimate of drug-likeness (QED) is 0.329. The first-order chi connectivity index (χ1) is 10.6. The molecule has 0 fully saturated rings. The van der Waals surface area contributed by atoms with E-state index >= 15 is 0 Å². The van der Waals surface area contributed by atoms with E-state index in [1.165, 1.54) is 7.11 Å². The minimum absolute atomic E-state index is 0.0626. The van der Waals surface area contributed by atoms with Crippen molar-refractivity contribution < 1.29 is 33.3 Å². The maximum absolute atomic E-state index is 11.4. The summed E-state index contributed by atoms with van der Waals surface area (Å²) in [7, 11) is 1.46. The zero-order valence-corrected chi connectivity index (χ0v) is 13.8. The van der Waals surface area contributed by atoms with E-state index in [2.05, 4.69) is 0 Å². The Morgan fingerprint density at radius 1 is 0.864 bits per heavy atom. The summed E-state index contributed by atoms with van der Waals surface area (Å²) < 4.78 is 25.4. The van der Waals surface area contributed by atoms with Gasteiger partial charge in [0.1, 0.15) is 12.7 Å². The fourth-order valence-corrected chi connectivity index (χ4v) is 1.43. The highest BCUT2D eigenvalue weighted by Crippen LogP contribution is 2.00. The average molecular weight is 320 g/mol. The van der Waals surface area contributed by atoms with Crippen molar-refractivity contribution in [2.45, 2.75) is 32.8 Å². The third kappa shape index (κ3) is 12.7. The normalized spacial score (nSPS) is 12.1. The van der Waals surface area contributed by atoms with Gasteiger partial charge in [-0.3, -0.25) is 9.59 Å². The van der Waals surface area contributed by atoms with E-state index < -0.39 is 12.1 Å². The number of ether oxygens (including phenoxy) is 5. The summed E-state index contributed by atoms with van der Waals surface area (Å²) in [5.74, 6) is -0.520. The van der Waals surface area contributed by atoms with E-state index in [1.807, 2.05) is 6.92 Å². The average Bonchev–Trinajstić information content (AvgIpc) is 2.53. The molecule has 0 amide bonds. The molecule has 0 spiro atoms. The number of ketones is 1. The summed E-state index contributed by atoms with van der Waals surface area (Å²) in [6, 6.07) is 0. The number of esters is 1. The molecule has 0 N–H and O–H groups in total. The molecule has 0 aliphatic heterocycles. The molecule has 0 saturated carbocycles. The number of hydrogen-bond donors (Lipinski definition) is 0. The lowest BCUT2D eigenvalue weighted by atomic mass is 10.1. The molecule has 0 aliphatic rings. The van der Waals surface area contributed by atoms with Gasteiger partial charge in [0.05, 0.1) is 39.5 Å². The molecular weight excluding hydrogens is 292 g/mol. The van der Waals surface area contributed by atoms with Crippen LogP contribution in [0, 0.1) is 0 Å². The molecule has 1 unspecified atom stereocenters. The number of carbonyl (C=O) groups excluding carboxylic acids is 2. The van der Waals surface area contributed by atoms with Crippen molar-refractivity contribution >= 4 is 11.8 Å². The van der Waals surface area contributed by atoms with Crippen LogP contribution in [-0.2, 0) is 33.3 Å². The molecule has 130 valence electrons. The molecule has 0 aromatic heterocycles. The molecule has 0 saturated heterocycles. The minimum Gasteiger partial charge on any atom is -0.463 e. The van der Waals surface area contributed by atoms with Crippen LogP contribution in [0.1, 0.15) is 26.7 Å². The molecule has 22 heavy (non-hydrogen) atoms. The number of carbonyl (C=O) groups is 2. The van der Waals surface area contributed by atoms with E-state index in [1.54, 1.807) is 6.92 Å². The summed E-state index contributed by atoms with van der Waals surface area (Å²) >= 11 is 0. The standard InChI is InChI=1S/C15H28O7/c1-4-19-7-8-20-9-10-21-11-12-22-15(17)6-5-14(16)13(2)18-3/h13H,4-12H2,1-3H3. The topological polar surface area (TPSA) is 80.3 Å². The Hall–Kier alpha value is -1.02. The number of rotatable bonds is 15. The van der Waals surface area contributed by atoms with Gasteiger partial charge in [-0.2, -0.15) is 0 Å². The van der Waals surface area contributed by atoms with Crippen molar-refractivity contribution in [1.82, 2.24) is 0 Å². The molecule has 0 rings (SSSR count). The third-order valence-corrected chi connectivity index (χ3v) is 2.82. The fourth-order valence-electron chi connectivity index (χ4n) is 1.43. The van der Waals surface area contributed by atoms with Crippen molar-refractivity contribution in [3.63, 3.8) is 0 Å². The van der Waals surface area contributed by atoms with E-state index in [9.17, 15) is 9.59 Å². The summed E-state index contributed by atoms with van der Waals surface area (Å²) in [6.07, 6.45) is -0.297. The van der Waals surface area contributed by atoms with Crippen molar-refractivity contribution in [3.8, 4) is 0 Å². The van der Waals surface area contributed by atoms with Gasteiger partial charge in [-0.05, 0) is 13.8 Å². The van der Waals surface area contributed by atoms with E-state index in [0.29, 0.717) is 39.6 Å². The van der Waals surface area contributed by atoms with Gasteiger partial charge >= 0.3 is 5.97 Å². The molecule has 0 aromatic carbocycles. The Balaban J connectivity index is 3.33. The third-order valence-electron chi connectivity index (χ3n) is 2.82. The van der Waals surface area contributed by atoms with Gasteiger partial charge in [0.25, 0.3) is 0 Å². The van der Waals surface area contributed by atoms with Crippen LogP contribution < -0.4 is 0 Å². The van der Waals surface area contributed by atoms with Gasteiger partial charge in [-0.25, -0.2) is 0 Å². The van der Waals surface area contributed by atoms with Crippen LogP contribution in [0.5, 0.6) is 0 Å². The highest BCUT2D eigenvalue weighted by molar-refractivity contribution is 5.86. The van der Waals surface area contributed by atoms with E-state index in [0.717, 1.165) is 0 Å². The molecule has 0 aromatic rings. The first-order valence-electron chi connectivity index (χ1n) is 7.56. The van der Waals surface area contributed by atoms with Gasteiger partial charge < -0.3 is 23.7 Å². The predicted molar refractivity (Wildman–Crippen MR) is 79.8 cm³/mol. The van der Waals surface area contributed by atoms with Crippen LogP contribution in [-0.4, -0.2) is 71.2 Å². The zero-order chi connectivity index (χ0) is 16.6. The fraction of sp³-hybridized carbons (Fsp3) is 0.867. The lowest BCUT2D eigenvalue weighted by Gasteiger charge is -2.08. The molecule has 0 radical (unpaired) electrons. The van der Waals surface area contributed by atoms with Gasteiger partial charge in [-0.1, -0.05) is 0 Å². The summed E-state index contributed by atoms with van der Waals surface area (Å²) in [6.45, 7) is 6.78. The minimum atomic E-state index is -0.487. The molecule has 7 heteroatoms. The second kappa shape index (κ2) is 14.9. The second-order valence-corrected chi connectivity index (χ2v) is 4.49. The molecule has 7 nitrogen and oxygen atoms in total. The SMILES string of the molecule is CCOCCOCCOCCOC(=O)CCC(=O)C(C)OC. The van der Waals surface area contributed by atoms with Gasteiger partial charge in [0.2, 0.25) is 0 Å². The maximum Gasteiger partial charge on any atom is 0.306 e. The largest absolute Gasteiger partial charge is 0.463 e. The monoisotopic (exact) mass is 320 g/mol. The first kappa shape index (κ1) is 21.0. The van der Waals surface area contributed by atoms with Gasteiger partial charge in [0.15, 0.2) is 5.78 Å². The highest BCUT2D eigenvalue weighted by atomic mass is 16.6. The van der Waals surface area contributed by atoms with Gasteiger partial charge in [-0.15, -0.1) is 0 Å². The van der Waals surface area contributed by atoms with Crippen molar-refractivity contribution in [2.75, 3.05) is 53.4 Å². The predicted octanol–water partition coefficient (Wildman–Crippen LogP) is 0.984. The lowest BCUT2D eigenvalue weighted by Crippen LogP contribution is -2.20. The lowest BCUT2D eigenvalue weighted by molar-refractivity contribution is -0.147. The molecule has 0 aliphatic carbocycles. The summed E-state index contributed by atoms with van der Waals surface area (Å²) in [5.41, 5.74) is 0. The summed E-state index contributed by atoms with van der Waals surface area (Å²) in [4.78, 5) is 22.8. The van der Waals surface area contributed by atoms with Crippen LogP contribution >= 0.6 is 0 Å². The van der Waals surface area contributed by atoms with Crippen LogP contribution in [0.15, 0.2) is 0 Å². The Bertz CT molecular complexity index is 294. The number of Topliss-reactive ketones (excluding diaryl/α,β-unsaturated/α-hetero) is 1. The van der Waals surface area contributed by atoms with E-state index in [-0.39, 0.29) is 25.2 Å². The van der Waals surface area contributed by atoms with Crippen LogP contribution in [0.3, 0.4) is 0 Å². The van der Waals surface area contributed by atoms with Crippen molar-refractivity contribution in [3.05, 3.63) is 0 Å². The maximum atomic E-state index is 11.4. The Morgan fingerprint density at radius 2 is 1.41 bits per heavy atom. The second-order valence-electron chi connectivity index (χ2n) is 4.49. The smallest absolute Gasteiger partial charge is 0.306 e. The Kier molecular flexibility index (Phi) is 14.2. The first-order valence-corrected chi connectivity index (χ1v) is 7.56. The van der Waals surface area contributed by atoms with Crippen LogP contribution in [0.2, 0.25) is 0 Å². The number of hydrogen-bond acceptors (Lipinski definition) is 7. The molecule has 0 bridgehead atoms. The molecular formula is C15H28O7. The van der Waals surface area contributed by atoms with Crippen LogP contribution in [0.25, 0.3) is 0 Å². The van der Waals surface area contributed by atoms with Crippen molar-refractivity contribution in [2.24, 2.45) is 0 Å². The van der Waals surface area contributed by atoms with E-state index in [4.69, 9.17) is 23.7 Å². The molecule has 0 heterocycles. The summed E-state index contributed by atoms with van der Waals surface area (Å²) in [5, 5.41) is 0. The Morgan fingerprint density at radius 3 is 1.95 bits per heavy atom. The number of methoxy groups -OCH3 is 1. The van der Waals surface area contributed by atoms with Crippen LogP contribution in [0.4, 0.5) is 0 Å².